The maximum absolute atomic E-state index is 12.5. The fourth-order valence-electron chi connectivity index (χ4n) is 2.54. The molecule has 2 amide bonds. The SMILES string of the molecule is CN(C)C(=O)COc1cccc(NC(=O)c2n[nH]c3c2CNCC3)c1. The van der Waals surface area contributed by atoms with Crippen LogP contribution >= 0.6 is 0 Å². The number of H-pyrrole nitrogens is 1. The van der Waals surface area contributed by atoms with Crippen LogP contribution in [-0.4, -0.2) is 54.2 Å². The summed E-state index contributed by atoms with van der Waals surface area (Å²) >= 11 is 0. The molecule has 8 heteroatoms. The van der Waals surface area contributed by atoms with Crippen LogP contribution in [0.3, 0.4) is 0 Å². The van der Waals surface area contributed by atoms with Crippen molar-refractivity contribution in [2.24, 2.45) is 0 Å². The number of ether oxygens (including phenoxy) is 1. The van der Waals surface area contributed by atoms with Gasteiger partial charge in [-0.25, -0.2) is 0 Å². The number of nitrogens with zero attached hydrogens (tertiary/aromatic N) is 2. The van der Waals surface area contributed by atoms with E-state index in [0.29, 0.717) is 23.7 Å². The van der Waals surface area contributed by atoms with Gasteiger partial charge in [0.05, 0.1) is 0 Å². The number of carbonyl (C=O) groups excluding carboxylic acids is 2. The van der Waals surface area contributed by atoms with E-state index in [-0.39, 0.29) is 18.4 Å². The second-order valence-electron chi connectivity index (χ2n) is 6.01. The van der Waals surface area contributed by atoms with Gasteiger partial charge in [0, 0.05) is 56.6 Å². The van der Waals surface area contributed by atoms with Crippen molar-refractivity contribution in [2.45, 2.75) is 13.0 Å². The van der Waals surface area contributed by atoms with Gasteiger partial charge >= 0.3 is 0 Å². The van der Waals surface area contributed by atoms with E-state index in [4.69, 9.17) is 4.74 Å². The first kappa shape index (κ1) is 17.0. The summed E-state index contributed by atoms with van der Waals surface area (Å²) in [6, 6.07) is 6.93. The molecule has 3 N–H and O–H groups in total. The second-order valence-corrected chi connectivity index (χ2v) is 6.01. The van der Waals surface area contributed by atoms with Gasteiger partial charge in [-0.1, -0.05) is 6.07 Å². The van der Waals surface area contributed by atoms with Crippen LogP contribution in [0.5, 0.6) is 5.75 Å². The van der Waals surface area contributed by atoms with Gasteiger partial charge in [0.25, 0.3) is 11.8 Å². The average molecular weight is 343 g/mol. The number of likely N-dealkylation sites (N-methyl/N-ethyl adjacent to an activating group) is 1. The summed E-state index contributed by atoms with van der Waals surface area (Å²) < 4.78 is 5.46. The predicted octanol–water partition coefficient (Wildman–Crippen LogP) is 0.775. The topological polar surface area (TPSA) is 99.3 Å². The lowest BCUT2D eigenvalue weighted by Gasteiger charge is -2.13. The van der Waals surface area contributed by atoms with Crippen molar-refractivity contribution in [2.75, 3.05) is 32.6 Å². The first-order chi connectivity index (χ1) is 12.0. The van der Waals surface area contributed by atoms with E-state index in [1.54, 1.807) is 38.4 Å². The number of aromatic nitrogens is 2. The molecule has 0 bridgehead atoms. The Balaban J connectivity index is 1.66. The molecule has 1 aliphatic heterocycles. The molecule has 0 saturated heterocycles. The number of amides is 2. The number of hydrogen-bond donors (Lipinski definition) is 3. The first-order valence-corrected chi connectivity index (χ1v) is 8.06. The van der Waals surface area contributed by atoms with Crippen LogP contribution in [0.2, 0.25) is 0 Å². The number of fused-ring (bicyclic) bond motifs is 1. The van der Waals surface area contributed by atoms with E-state index in [1.165, 1.54) is 4.90 Å². The Kier molecular flexibility index (Phi) is 4.99. The molecule has 0 fully saturated rings. The largest absolute Gasteiger partial charge is 0.484 e. The van der Waals surface area contributed by atoms with Crippen molar-refractivity contribution >= 4 is 17.5 Å². The molecule has 0 aliphatic carbocycles. The van der Waals surface area contributed by atoms with Crippen LogP contribution in [0.1, 0.15) is 21.7 Å². The highest BCUT2D eigenvalue weighted by Crippen LogP contribution is 2.20. The third-order valence-electron chi connectivity index (χ3n) is 3.97. The molecule has 1 aromatic carbocycles. The zero-order valence-electron chi connectivity index (χ0n) is 14.3. The highest BCUT2D eigenvalue weighted by molar-refractivity contribution is 6.04. The minimum atomic E-state index is -0.275. The first-order valence-electron chi connectivity index (χ1n) is 8.06. The van der Waals surface area contributed by atoms with Gasteiger partial charge < -0.3 is 20.3 Å². The van der Waals surface area contributed by atoms with Crippen LogP contribution in [0, 0.1) is 0 Å². The van der Waals surface area contributed by atoms with Gasteiger partial charge in [0.2, 0.25) is 0 Å². The number of benzene rings is 1. The molecule has 2 aromatic rings. The number of nitrogens with one attached hydrogen (secondary N) is 3. The van der Waals surface area contributed by atoms with E-state index in [9.17, 15) is 9.59 Å². The van der Waals surface area contributed by atoms with Crippen molar-refractivity contribution in [1.29, 1.82) is 0 Å². The van der Waals surface area contributed by atoms with Gasteiger partial charge in [-0.05, 0) is 12.1 Å². The quantitative estimate of drug-likeness (QED) is 0.745. The fourth-order valence-corrected chi connectivity index (χ4v) is 2.54. The van der Waals surface area contributed by atoms with E-state index in [2.05, 4.69) is 20.8 Å². The molecule has 25 heavy (non-hydrogen) atoms. The summed E-state index contributed by atoms with van der Waals surface area (Å²) in [5, 5.41) is 13.1. The van der Waals surface area contributed by atoms with Crippen LogP contribution in [0.4, 0.5) is 5.69 Å². The summed E-state index contributed by atoms with van der Waals surface area (Å²) in [4.78, 5) is 25.5. The number of aromatic amines is 1. The van der Waals surface area contributed by atoms with Gasteiger partial charge in [-0.3, -0.25) is 14.7 Å². The summed E-state index contributed by atoms with van der Waals surface area (Å²) in [6.45, 7) is 1.45. The van der Waals surface area contributed by atoms with Crippen LogP contribution in [0.25, 0.3) is 0 Å². The Labute approximate surface area is 145 Å². The number of carbonyl (C=O) groups is 2. The summed E-state index contributed by atoms with van der Waals surface area (Å²) in [7, 11) is 3.34. The molecular weight excluding hydrogens is 322 g/mol. The zero-order chi connectivity index (χ0) is 17.8. The average Bonchev–Trinajstić information content (AvgIpc) is 3.04. The molecule has 132 valence electrons. The number of anilines is 1. The Hall–Kier alpha value is -2.87. The van der Waals surface area contributed by atoms with Crippen LogP contribution in [0.15, 0.2) is 24.3 Å². The molecule has 3 rings (SSSR count). The Morgan fingerprint density at radius 3 is 3.00 bits per heavy atom. The summed E-state index contributed by atoms with van der Waals surface area (Å²) in [6.07, 6.45) is 0.832. The van der Waals surface area contributed by atoms with Crippen LogP contribution in [-0.2, 0) is 17.8 Å². The van der Waals surface area contributed by atoms with Crippen molar-refractivity contribution in [3.05, 3.63) is 41.2 Å². The Morgan fingerprint density at radius 1 is 1.36 bits per heavy atom. The molecule has 0 radical (unpaired) electrons. The third-order valence-corrected chi connectivity index (χ3v) is 3.97. The highest BCUT2D eigenvalue weighted by atomic mass is 16.5. The Bertz CT molecular complexity index is 784. The lowest BCUT2D eigenvalue weighted by atomic mass is 10.1. The predicted molar refractivity (Wildman–Crippen MR) is 92.6 cm³/mol. The minimum Gasteiger partial charge on any atom is -0.484 e. The molecule has 2 heterocycles. The van der Waals surface area contributed by atoms with Crippen molar-refractivity contribution in [1.82, 2.24) is 20.4 Å². The lowest BCUT2D eigenvalue weighted by Crippen LogP contribution is -2.27. The minimum absolute atomic E-state index is 0.0526. The smallest absolute Gasteiger partial charge is 0.276 e. The number of rotatable bonds is 5. The van der Waals surface area contributed by atoms with Gasteiger partial charge in [-0.15, -0.1) is 0 Å². The summed E-state index contributed by atoms with van der Waals surface area (Å²) in [5.41, 5.74) is 2.90. The van der Waals surface area contributed by atoms with E-state index in [0.717, 1.165) is 24.2 Å². The van der Waals surface area contributed by atoms with Crippen molar-refractivity contribution in [3.8, 4) is 5.75 Å². The Morgan fingerprint density at radius 2 is 2.20 bits per heavy atom. The van der Waals surface area contributed by atoms with E-state index >= 15 is 0 Å². The molecule has 1 aromatic heterocycles. The second kappa shape index (κ2) is 7.35. The molecule has 0 atom stereocenters. The highest BCUT2D eigenvalue weighted by Gasteiger charge is 2.21. The maximum atomic E-state index is 12.5. The standard InChI is InChI=1S/C17H21N5O3/c1-22(2)15(23)10-25-12-5-3-4-11(8-12)19-17(24)16-13-9-18-7-6-14(13)20-21-16/h3-5,8,18H,6-7,9-10H2,1-2H3,(H,19,24)(H,20,21). The molecule has 0 spiro atoms. The normalized spacial score (nSPS) is 13.0. The molecule has 0 unspecified atom stereocenters. The van der Waals surface area contributed by atoms with Crippen molar-refractivity contribution < 1.29 is 14.3 Å². The lowest BCUT2D eigenvalue weighted by molar-refractivity contribution is -0.130. The molecular formula is C17H21N5O3. The summed E-state index contributed by atoms with van der Waals surface area (Å²) in [5.74, 6) is 0.103. The van der Waals surface area contributed by atoms with E-state index < -0.39 is 0 Å². The zero-order valence-corrected chi connectivity index (χ0v) is 14.3. The molecule has 0 saturated carbocycles. The van der Waals surface area contributed by atoms with E-state index in [1.807, 2.05) is 0 Å². The van der Waals surface area contributed by atoms with Crippen LogP contribution < -0.4 is 15.4 Å². The monoisotopic (exact) mass is 343 g/mol. The molecule has 8 nitrogen and oxygen atoms in total. The van der Waals surface area contributed by atoms with Crippen molar-refractivity contribution in [3.63, 3.8) is 0 Å². The van der Waals surface area contributed by atoms with Gasteiger partial charge in [0.15, 0.2) is 12.3 Å². The van der Waals surface area contributed by atoms with Gasteiger partial charge in [0.1, 0.15) is 5.75 Å². The van der Waals surface area contributed by atoms with Gasteiger partial charge in [-0.2, -0.15) is 5.10 Å². The third kappa shape index (κ3) is 3.97. The molecule has 1 aliphatic rings. The maximum Gasteiger partial charge on any atom is 0.276 e. The number of hydrogen-bond acceptors (Lipinski definition) is 5. The fraction of sp³-hybridized carbons (Fsp3) is 0.353.